The molecule has 76 valence electrons. The average Bonchev–Trinajstić information content (AvgIpc) is 2.08. The predicted octanol–water partition coefficient (Wildman–Crippen LogP) is -1.28. The third-order valence-electron chi connectivity index (χ3n) is 1.29. The van der Waals surface area contributed by atoms with Gasteiger partial charge in [0, 0.05) is 7.11 Å². The first-order valence-electron chi connectivity index (χ1n) is 3.25. The van der Waals surface area contributed by atoms with Gasteiger partial charge in [0.15, 0.2) is 6.23 Å². The molecule has 1 atom stereocenters. The van der Waals surface area contributed by atoms with Gasteiger partial charge >= 0.3 is 10.4 Å². The molecule has 1 aliphatic heterocycles. The zero-order chi connectivity index (χ0) is 10.1. The number of hydrogen-bond acceptors (Lipinski definition) is 8. The molecule has 0 saturated carbocycles. The molecule has 0 aromatic carbocycles. The van der Waals surface area contributed by atoms with E-state index >= 15 is 0 Å². The third kappa shape index (κ3) is 2.20. The van der Waals surface area contributed by atoms with Crippen LogP contribution in [0.1, 0.15) is 6.92 Å². The monoisotopic (exact) mass is 211 g/mol. The minimum atomic E-state index is -4.14. The van der Waals surface area contributed by atoms with Gasteiger partial charge in [0.2, 0.25) is 0 Å². The van der Waals surface area contributed by atoms with Crippen LogP contribution in [0.4, 0.5) is 0 Å². The molecule has 1 rings (SSSR count). The van der Waals surface area contributed by atoms with E-state index in [1.807, 2.05) is 0 Å². The van der Waals surface area contributed by atoms with Crippen LogP contribution in [0.15, 0.2) is 5.16 Å². The number of rotatable bonds is 2. The topological polar surface area (TPSA) is 103 Å². The lowest BCUT2D eigenvalue weighted by molar-refractivity contribution is -0.134. The van der Waals surface area contributed by atoms with Crippen molar-refractivity contribution in [1.29, 1.82) is 0 Å². The number of ether oxygens (including phenoxy) is 1. The molecule has 1 heterocycles. The molecule has 0 amide bonds. The lowest BCUT2D eigenvalue weighted by Gasteiger charge is -2.27. The molecule has 0 saturated heterocycles. The number of methoxy groups -OCH3 is 1. The van der Waals surface area contributed by atoms with E-state index in [9.17, 15) is 8.42 Å². The molecule has 0 fully saturated rings. The van der Waals surface area contributed by atoms with Crippen LogP contribution >= 0.6 is 0 Å². The van der Waals surface area contributed by atoms with Crippen LogP contribution in [-0.2, 0) is 23.7 Å². The van der Waals surface area contributed by atoms with Crippen LogP contribution in [0.2, 0.25) is 0 Å². The fourth-order valence-corrected chi connectivity index (χ4v) is 1.21. The molecule has 2 N–H and O–H groups in total. The maximum Gasteiger partial charge on any atom is 0.491 e. The van der Waals surface area contributed by atoms with Crippen molar-refractivity contribution in [2.24, 2.45) is 10.9 Å². The first kappa shape index (κ1) is 10.0. The van der Waals surface area contributed by atoms with Crippen molar-refractivity contribution in [2.45, 2.75) is 13.2 Å². The van der Waals surface area contributed by atoms with Crippen molar-refractivity contribution >= 4 is 16.4 Å². The summed E-state index contributed by atoms with van der Waals surface area (Å²) in [4.78, 5) is 0. The summed E-state index contributed by atoms with van der Waals surface area (Å²) >= 11 is 0. The van der Waals surface area contributed by atoms with Crippen LogP contribution in [-0.4, -0.2) is 32.8 Å². The third-order valence-corrected chi connectivity index (χ3v) is 1.89. The van der Waals surface area contributed by atoms with Crippen molar-refractivity contribution in [1.82, 2.24) is 5.06 Å². The van der Waals surface area contributed by atoms with Gasteiger partial charge in [-0.15, -0.1) is 4.28 Å². The summed E-state index contributed by atoms with van der Waals surface area (Å²) in [5.74, 6) is -0.232. The maximum atomic E-state index is 10.7. The van der Waals surface area contributed by atoms with Crippen molar-refractivity contribution in [3.63, 3.8) is 0 Å². The highest BCUT2D eigenvalue weighted by Crippen LogP contribution is 2.11. The molecule has 0 bridgehead atoms. The SMILES string of the molecule is COC(C)N1OS(=O)(=O)ON=C1N. The van der Waals surface area contributed by atoms with Gasteiger partial charge < -0.3 is 10.5 Å². The lowest BCUT2D eigenvalue weighted by atomic mass is 10.6. The Bertz CT molecular complexity index is 312. The zero-order valence-corrected chi connectivity index (χ0v) is 7.82. The van der Waals surface area contributed by atoms with Gasteiger partial charge in [-0.1, -0.05) is 0 Å². The highest BCUT2D eigenvalue weighted by Gasteiger charge is 2.30. The summed E-state index contributed by atoms with van der Waals surface area (Å²) in [6, 6.07) is 0. The molecule has 13 heavy (non-hydrogen) atoms. The standard InChI is InChI=1S/C4H9N3O5S/c1-3(10-2)7-4(5)6-11-13(8,9)12-7/h3H,1-2H3,(H2,5,6). The molecular formula is C4H9N3O5S. The molecule has 0 spiro atoms. The summed E-state index contributed by atoms with van der Waals surface area (Å²) < 4.78 is 34.5. The molecule has 0 aromatic heterocycles. The quantitative estimate of drug-likeness (QED) is 0.606. The van der Waals surface area contributed by atoms with E-state index in [2.05, 4.69) is 13.7 Å². The van der Waals surface area contributed by atoms with Gasteiger partial charge in [-0.25, -0.2) is 4.28 Å². The van der Waals surface area contributed by atoms with E-state index in [1.54, 1.807) is 0 Å². The van der Waals surface area contributed by atoms with Gasteiger partial charge in [0.25, 0.3) is 5.96 Å². The summed E-state index contributed by atoms with van der Waals surface area (Å²) in [6.07, 6.45) is -0.678. The van der Waals surface area contributed by atoms with Crippen molar-refractivity contribution in [3.8, 4) is 0 Å². The zero-order valence-electron chi connectivity index (χ0n) is 7.00. The minimum absolute atomic E-state index is 0.232. The summed E-state index contributed by atoms with van der Waals surface area (Å²) in [5, 5.41) is 3.84. The highest BCUT2D eigenvalue weighted by atomic mass is 32.3. The number of hydroxylamine groups is 2. The smallest absolute Gasteiger partial charge is 0.365 e. The van der Waals surface area contributed by atoms with E-state index in [0.717, 1.165) is 5.06 Å². The van der Waals surface area contributed by atoms with Gasteiger partial charge in [-0.3, -0.25) is 0 Å². The molecular weight excluding hydrogens is 202 g/mol. The molecule has 1 aliphatic rings. The number of nitrogens with two attached hydrogens (primary N) is 1. The lowest BCUT2D eigenvalue weighted by Crippen LogP contribution is -2.48. The number of nitrogens with zero attached hydrogens (tertiary/aromatic N) is 2. The second kappa shape index (κ2) is 3.36. The van der Waals surface area contributed by atoms with E-state index in [1.165, 1.54) is 14.0 Å². The molecule has 9 heteroatoms. The van der Waals surface area contributed by atoms with Crippen LogP contribution in [0, 0.1) is 0 Å². The van der Waals surface area contributed by atoms with Crippen LogP contribution in [0.5, 0.6) is 0 Å². The largest absolute Gasteiger partial charge is 0.491 e. The Morgan fingerprint density at radius 1 is 1.69 bits per heavy atom. The van der Waals surface area contributed by atoms with Crippen molar-refractivity contribution < 1.29 is 21.7 Å². The summed E-state index contributed by atoms with van der Waals surface area (Å²) in [5.41, 5.74) is 5.26. The van der Waals surface area contributed by atoms with E-state index in [4.69, 9.17) is 10.5 Å². The Morgan fingerprint density at radius 3 is 2.85 bits per heavy atom. The second-order valence-corrected chi connectivity index (χ2v) is 3.28. The first-order chi connectivity index (χ1) is 5.96. The summed E-state index contributed by atoms with van der Waals surface area (Å²) in [6.45, 7) is 1.53. The minimum Gasteiger partial charge on any atom is -0.365 e. The van der Waals surface area contributed by atoms with E-state index in [-0.39, 0.29) is 5.96 Å². The fourth-order valence-electron chi connectivity index (χ4n) is 0.617. The Morgan fingerprint density at radius 2 is 2.31 bits per heavy atom. The Kier molecular flexibility index (Phi) is 2.59. The van der Waals surface area contributed by atoms with Gasteiger partial charge in [-0.2, -0.15) is 13.5 Å². The Labute approximate surface area is 75.1 Å². The molecule has 8 nitrogen and oxygen atoms in total. The van der Waals surface area contributed by atoms with Gasteiger partial charge in [-0.05, 0) is 12.1 Å². The van der Waals surface area contributed by atoms with Crippen LogP contribution < -0.4 is 5.73 Å². The van der Waals surface area contributed by atoms with Gasteiger partial charge in [0.05, 0.1) is 0 Å². The van der Waals surface area contributed by atoms with Crippen LogP contribution in [0.25, 0.3) is 0 Å². The van der Waals surface area contributed by atoms with E-state index in [0.29, 0.717) is 0 Å². The number of oxime groups is 1. The summed E-state index contributed by atoms with van der Waals surface area (Å²) in [7, 11) is -2.78. The van der Waals surface area contributed by atoms with Crippen molar-refractivity contribution in [3.05, 3.63) is 0 Å². The Balaban J connectivity index is 2.86. The normalized spacial score (nSPS) is 23.2. The second-order valence-electron chi connectivity index (χ2n) is 2.17. The van der Waals surface area contributed by atoms with Crippen molar-refractivity contribution in [2.75, 3.05) is 7.11 Å². The average molecular weight is 211 g/mol. The molecule has 0 radical (unpaired) electrons. The van der Waals surface area contributed by atoms with Gasteiger partial charge in [0.1, 0.15) is 0 Å². The van der Waals surface area contributed by atoms with E-state index < -0.39 is 16.6 Å². The highest BCUT2D eigenvalue weighted by molar-refractivity contribution is 7.81. The maximum absolute atomic E-state index is 10.7. The number of guanidine groups is 1. The molecule has 1 unspecified atom stereocenters. The Hall–Kier alpha value is -1.06. The predicted molar refractivity (Wildman–Crippen MR) is 41.0 cm³/mol. The fraction of sp³-hybridized carbons (Fsp3) is 0.750. The first-order valence-corrected chi connectivity index (χ1v) is 4.58. The molecule has 0 aliphatic carbocycles. The number of hydrogen-bond donors (Lipinski definition) is 1. The van der Waals surface area contributed by atoms with Crippen LogP contribution in [0.3, 0.4) is 0 Å². The molecule has 0 aromatic rings.